The van der Waals surface area contributed by atoms with Gasteiger partial charge in [-0.15, -0.1) is 0 Å². The summed E-state index contributed by atoms with van der Waals surface area (Å²) in [4.78, 5) is 11.0. The van der Waals surface area contributed by atoms with Crippen molar-refractivity contribution in [3.8, 4) is 6.07 Å². The van der Waals surface area contributed by atoms with Crippen LogP contribution in [-0.2, 0) is 4.79 Å². The topological polar surface area (TPSA) is 73.1 Å². The van der Waals surface area contributed by atoms with E-state index in [-0.39, 0.29) is 17.2 Å². The van der Waals surface area contributed by atoms with E-state index in [9.17, 15) is 9.18 Å². The van der Waals surface area contributed by atoms with Gasteiger partial charge >= 0.3 is 5.97 Å². The summed E-state index contributed by atoms with van der Waals surface area (Å²) >= 11 is 0. The SMILES string of the molecule is CC(C)C[C@@H](Nc1ccc(C#N)cc1F)C(=O)O. The molecule has 0 aromatic heterocycles. The van der Waals surface area contributed by atoms with Crippen molar-refractivity contribution in [1.29, 1.82) is 5.26 Å². The molecule has 0 radical (unpaired) electrons. The second-order valence-corrected chi connectivity index (χ2v) is 4.47. The van der Waals surface area contributed by atoms with E-state index in [2.05, 4.69) is 5.32 Å². The van der Waals surface area contributed by atoms with Crippen LogP contribution >= 0.6 is 0 Å². The van der Waals surface area contributed by atoms with Gasteiger partial charge in [-0.25, -0.2) is 9.18 Å². The van der Waals surface area contributed by atoms with Gasteiger partial charge in [0.05, 0.1) is 17.3 Å². The van der Waals surface area contributed by atoms with Crippen molar-refractivity contribution in [2.45, 2.75) is 26.3 Å². The normalized spacial score (nSPS) is 11.9. The van der Waals surface area contributed by atoms with Gasteiger partial charge in [0, 0.05) is 0 Å². The fraction of sp³-hybridized carbons (Fsp3) is 0.385. The summed E-state index contributed by atoms with van der Waals surface area (Å²) in [5.41, 5.74) is 0.302. The number of carbonyl (C=O) groups is 1. The summed E-state index contributed by atoms with van der Waals surface area (Å²) in [5.74, 6) is -1.46. The lowest BCUT2D eigenvalue weighted by Gasteiger charge is -2.18. The van der Waals surface area contributed by atoms with E-state index in [4.69, 9.17) is 10.4 Å². The number of nitrogens with one attached hydrogen (secondary N) is 1. The first-order valence-electron chi connectivity index (χ1n) is 5.63. The van der Waals surface area contributed by atoms with Crippen molar-refractivity contribution >= 4 is 11.7 Å². The van der Waals surface area contributed by atoms with Gasteiger partial charge in [-0.1, -0.05) is 13.8 Å². The second kappa shape index (κ2) is 6.01. The van der Waals surface area contributed by atoms with Crippen LogP contribution in [0.15, 0.2) is 18.2 Å². The molecular formula is C13H15FN2O2. The smallest absolute Gasteiger partial charge is 0.326 e. The highest BCUT2D eigenvalue weighted by atomic mass is 19.1. The molecule has 5 heteroatoms. The summed E-state index contributed by atoms with van der Waals surface area (Å²) < 4.78 is 13.6. The molecule has 4 nitrogen and oxygen atoms in total. The summed E-state index contributed by atoms with van der Waals surface area (Å²) in [6, 6.07) is 4.88. The van der Waals surface area contributed by atoms with E-state index in [1.165, 1.54) is 12.1 Å². The van der Waals surface area contributed by atoms with E-state index >= 15 is 0 Å². The van der Waals surface area contributed by atoms with Gasteiger partial charge in [0.25, 0.3) is 0 Å². The number of halogens is 1. The minimum atomic E-state index is -1.02. The van der Waals surface area contributed by atoms with Gasteiger partial charge in [0.1, 0.15) is 11.9 Å². The Hall–Kier alpha value is -2.09. The lowest BCUT2D eigenvalue weighted by molar-refractivity contribution is -0.138. The predicted molar refractivity (Wildman–Crippen MR) is 65.6 cm³/mol. The van der Waals surface area contributed by atoms with Gasteiger partial charge in [0.15, 0.2) is 0 Å². The monoisotopic (exact) mass is 250 g/mol. The van der Waals surface area contributed by atoms with Crippen LogP contribution in [0.5, 0.6) is 0 Å². The van der Waals surface area contributed by atoms with Crippen molar-refractivity contribution < 1.29 is 14.3 Å². The Balaban J connectivity index is 2.88. The third kappa shape index (κ3) is 3.74. The number of hydrogen-bond donors (Lipinski definition) is 2. The van der Waals surface area contributed by atoms with E-state index in [0.29, 0.717) is 6.42 Å². The van der Waals surface area contributed by atoms with Gasteiger partial charge < -0.3 is 10.4 Å². The molecule has 18 heavy (non-hydrogen) atoms. The highest BCUT2D eigenvalue weighted by molar-refractivity contribution is 5.77. The molecule has 0 saturated carbocycles. The number of benzene rings is 1. The highest BCUT2D eigenvalue weighted by Crippen LogP contribution is 2.18. The van der Waals surface area contributed by atoms with Crippen LogP contribution in [0.3, 0.4) is 0 Å². The molecule has 1 aromatic rings. The molecule has 0 spiro atoms. The van der Waals surface area contributed by atoms with Crippen molar-refractivity contribution in [2.24, 2.45) is 5.92 Å². The largest absolute Gasteiger partial charge is 0.480 e. The van der Waals surface area contributed by atoms with Crippen LogP contribution in [0, 0.1) is 23.1 Å². The number of anilines is 1. The number of hydrogen-bond acceptors (Lipinski definition) is 3. The van der Waals surface area contributed by atoms with Crippen LogP contribution < -0.4 is 5.32 Å². The third-order valence-electron chi connectivity index (χ3n) is 2.43. The Kier molecular flexibility index (Phi) is 4.67. The van der Waals surface area contributed by atoms with E-state index in [1.54, 1.807) is 0 Å². The van der Waals surface area contributed by atoms with E-state index in [0.717, 1.165) is 6.07 Å². The summed E-state index contributed by atoms with van der Waals surface area (Å²) in [7, 11) is 0. The van der Waals surface area contributed by atoms with Gasteiger partial charge in [-0.3, -0.25) is 0 Å². The van der Waals surface area contributed by atoms with Gasteiger partial charge in [-0.05, 0) is 30.5 Å². The lowest BCUT2D eigenvalue weighted by atomic mass is 10.0. The van der Waals surface area contributed by atoms with Gasteiger partial charge in [0.2, 0.25) is 0 Å². The molecule has 0 amide bonds. The first-order chi connectivity index (χ1) is 8.43. The zero-order chi connectivity index (χ0) is 13.7. The first kappa shape index (κ1) is 14.0. The molecule has 0 fully saturated rings. The average molecular weight is 250 g/mol. The van der Waals surface area contributed by atoms with E-state index < -0.39 is 17.8 Å². The maximum absolute atomic E-state index is 13.6. The molecule has 0 bridgehead atoms. The van der Waals surface area contributed by atoms with Crippen molar-refractivity contribution in [1.82, 2.24) is 0 Å². The predicted octanol–water partition coefficient (Wildman–Crippen LogP) is 2.61. The molecule has 0 saturated heterocycles. The number of nitrogens with zero attached hydrogens (tertiary/aromatic N) is 1. The zero-order valence-corrected chi connectivity index (χ0v) is 10.3. The maximum Gasteiger partial charge on any atom is 0.326 e. The fourth-order valence-electron chi connectivity index (χ4n) is 1.58. The lowest BCUT2D eigenvalue weighted by Crippen LogP contribution is -2.31. The molecule has 1 aromatic carbocycles. The Morgan fingerprint density at radius 2 is 2.22 bits per heavy atom. The minimum absolute atomic E-state index is 0.0991. The number of rotatable bonds is 5. The molecule has 0 aliphatic carbocycles. The van der Waals surface area contributed by atoms with Crippen LogP contribution in [0.4, 0.5) is 10.1 Å². The Morgan fingerprint density at radius 1 is 1.56 bits per heavy atom. The van der Waals surface area contributed by atoms with Crippen LogP contribution in [0.2, 0.25) is 0 Å². The Morgan fingerprint density at radius 3 is 2.67 bits per heavy atom. The van der Waals surface area contributed by atoms with Crippen molar-refractivity contribution in [3.63, 3.8) is 0 Å². The molecule has 1 rings (SSSR count). The number of carboxylic acid groups (broad SMARTS) is 1. The molecule has 0 heterocycles. The molecule has 0 unspecified atom stereocenters. The van der Waals surface area contributed by atoms with Crippen molar-refractivity contribution in [3.05, 3.63) is 29.6 Å². The highest BCUT2D eigenvalue weighted by Gasteiger charge is 2.19. The zero-order valence-electron chi connectivity index (χ0n) is 10.3. The first-order valence-corrected chi connectivity index (χ1v) is 5.63. The summed E-state index contributed by atoms with van der Waals surface area (Å²) in [6.07, 6.45) is 0.398. The molecule has 2 N–H and O–H groups in total. The Labute approximate surface area is 105 Å². The van der Waals surface area contributed by atoms with Crippen LogP contribution in [0.25, 0.3) is 0 Å². The average Bonchev–Trinajstić information content (AvgIpc) is 2.29. The standard InChI is InChI=1S/C13H15FN2O2/c1-8(2)5-12(13(17)18)16-11-4-3-9(7-15)6-10(11)14/h3-4,6,8,12,16H,5H2,1-2H3,(H,17,18)/t12-/m1/s1. The second-order valence-electron chi connectivity index (χ2n) is 4.47. The van der Waals surface area contributed by atoms with Crippen LogP contribution in [0.1, 0.15) is 25.8 Å². The van der Waals surface area contributed by atoms with Gasteiger partial charge in [-0.2, -0.15) is 5.26 Å². The fourth-order valence-corrected chi connectivity index (χ4v) is 1.58. The van der Waals surface area contributed by atoms with Crippen LogP contribution in [-0.4, -0.2) is 17.1 Å². The number of carboxylic acids is 1. The van der Waals surface area contributed by atoms with E-state index in [1.807, 2.05) is 19.9 Å². The Bertz CT molecular complexity index is 480. The maximum atomic E-state index is 13.6. The van der Waals surface area contributed by atoms with Crippen molar-refractivity contribution in [2.75, 3.05) is 5.32 Å². The molecule has 0 aliphatic heterocycles. The quantitative estimate of drug-likeness (QED) is 0.842. The molecule has 0 aliphatic rings. The number of nitriles is 1. The molecule has 96 valence electrons. The molecular weight excluding hydrogens is 235 g/mol. The molecule has 1 atom stereocenters. The number of aliphatic carboxylic acids is 1. The summed E-state index contributed by atoms with van der Waals surface area (Å²) in [5, 5.41) is 20.3. The minimum Gasteiger partial charge on any atom is -0.480 e. The summed E-state index contributed by atoms with van der Waals surface area (Å²) in [6.45, 7) is 3.79. The third-order valence-corrected chi connectivity index (χ3v) is 2.43.